The van der Waals surface area contributed by atoms with Gasteiger partial charge in [0, 0.05) is 11.3 Å². The Labute approximate surface area is 90.9 Å². The van der Waals surface area contributed by atoms with E-state index >= 15 is 0 Å². The van der Waals surface area contributed by atoms with Gasteiger partial charge in [0.25, 0.3) is 0 Å². The van der Waals surface area contributed by atoms with Gasteiger partial charge in [-0.1, -0.05) is 6.92 Å². The summed E-state index contributed by atoms with van der Waals surface area (Å²) in [5, 5.41) is 0. The minimum absolute atomic E-state index is 0.223. The van der Waals surface area contributed by atoms with Gasteiger partial charge in [0.15, 0.2) is 5.69 Å². The molecule has 1 aromatic rings. The molecule has 1 heterocycles. The fourth-order valence-electron chi connectivity index (χ4n) is 2.04. The zero-order valence-corrected chi connectivity index (χ0v) is 8.80. The third-order valence-corrected chi connectivity index (χ3v) is 2.81. The van der Waals surface area contributed by atoms with Crippen LogP contribution in [0.4, 0.5) is 19.1 Å². The first-order valence-corrected chi connectivity index (χ1v) is 5.10. The van der Waals surface area contributed by atoms with Crippen molar-refractivity contribution in [3.05, 3.63) is 17.0 Å². The molecule has 2 rings (SSSR count). The van der Waals surface area contributed by atoms with E-state index in [0.717, 1.165) is 6.42 Å². The summed E-state index contributed by atoms with van der Waals surface area (Å²) in [6.45, 7) is 1.93. The number of aromatic nitrogens is 2. The minimum Gasteiger partial charge on any atom is -0.368 e. The molecule has 1 atom stereocenters. The Hall–Kier alpha value is -1.33. The zero-order chi connectivity index (χ0) is 11.9. The summed E-state index contributed by atoms with van der Waals surface area (Å²) < 4.78 is 38.2. The van der Waals surface area contributed by atoms with E-state index in [1.54, 1.807) is 0 Å². The van der Waals surface area contributed by atoms with E-state index < -0.39 is 11.9 Å². The highest BCUT2D eigenvalue weighted by atomic mass is 19.4. The van der Waals surface area contributed by atoms with Crippen molar-refractivity contribution in [1.82, 2.24) is 9.97 Å². The third kappa shape index (κ3) is 1.96. The molecule has 0 fully saturated rings. The number of nitrogens with two attached hydrogens (primary N) is 1. The van der Waals surface area contributed by atoms with Crippen LogP contribution in [0.3, 0.4) is 0 Å². The molecule has 0 aromatic carbocycles. The second kappa shape index (κ2) is 3.61. The average molecular weight is 231 g/mol. The third-order valence-electron chi connectivity index (χ3n) is 2.81. The predicted molar refractivity (Wildman–Crippen MR) is 52.6 cm³/mol. The number of nitrogen functional groups attached to an aromatic ring is 1. The van der Waals surface area contributed by atoms with Crippen LogP contribution in [-0.2, 0) is 19.0 Å². The molecule has 0 saturated carbocycles. The van der Waals surface area contributed by atoms with E-state index in [1.165, 1.54) is 0 Å². The zero-order valence-electron chi connectivity index (χ0n) is 8.80. The molecular formula is C10H12F3N3. The summed E-state index contributed by atoms with van der Waals surface area (Å²) >= 11 is 0. The quantitative estimate of drug-likeness (QED) is 0.744. The summed E-state index contributed by atoms with van der Waals surface area (Å²) in [4.78, 5) is 7.22. The Morgan fingerprint density at radius 2 is 2.00 bits per heavy atom. The topological polar surface area (TPSA) is 51.8 Å². The van der Waals surface area contributed by atoms with Crippen LogP contribution in [0.15, 0.2) is 0 Å². The molecule has 16 heavy (non-hydrogen) atoms. The summed E-state index contributed by atoms with van der Waals surface area (Å²) in [5.74, 6) is -0.0542. The Morgan fingerprint density at radius 1 is 1.31 bits per heavy atom. The summed E-state index contributed by atoms with van der Waals surface area (Å²) in [7, 11) is 0. The second-order valence-corrected chi connectivity index (χ2v) is 4.20. The number of anilines is 1. The van der Waals surface area contributed by atoms with Gasteiger partial charge in [-0.05, 0) is 25.2 Å². The average Bonchev–Trinajstić information content (AvgIpc) is 2.16. The number of hydrogen-bond donors (Lipinski definition) is 1. The molecule has 1 aromatic heterocycles. The smallest absolute Gasteiger partial charge is 0.368 e. The normalized spacial score (nSPS) is 20.6. The van der Waals surface area contributed by atoms with Crippen molar-refractivity contribution in [3.63, 3.8) is 0 Å². The van der Waals surface area contributed by atoms with Crippen LogP contribution in [0, 0.1) is 5.92 Å². The first-order chi connectivity index (χ1) is 7.38. The van der Waals surface area contributed by atoms with Crippen molar-refractivity contribution in [3.8, 4) is 0 Å². The lowest BCUT2D eigenvalue weighted by atomic mass is 9.87. The lowest BCUT2D eigenvalue weighted by molar-refractivity contribution is -0.142. The molecule has 1 unspecified atom stereocenters. The largest absolute Gasteiger partial charge is 0.433 e. The van der Waals surface area contributed by atoms with Gasteiger partial charge in [0.1, 0.15) is 0 Å². The van der Waals surface area contributed by atoms with Crippen LogP contribution < -0.4 is 5.73 Å². The molecule has 0 radical (unpaired) electrons. The maximum Gasteiger partial charge on any atom is 0.433 e. The van der Waals surface area contributed by atoms with Gasteiger partial charge in [0.2, 0.25) is 5.95 Å². The summed E-state index contributed by atoms with van der Waals surface area (Å²) in [6.07, 6.45) is -2.67. The van der Waals surface area contributed by atoms with Crippen LogP contribution >= 0.6 is 0 Å². The molecule has 0 saturated heterocycles. The Bertz CT molecular complexity index is 415. The van der Waals surface area contributed by atoms with Gasteiger partial charge in [0.05, 0.1) is 0 Å². The molecule has 1 aliphatic carbocycles. The molecule has 0 amide bonds. The molecule has 0 spiro atoms. The predicted octanol–water partition coefficient (Wildman–Crippen LogP) is 2.20. The molecule has 6 heteroatoms. The molecule has 88 valence electrons. The van der Waals surface area contributed by atoms with E-state index in [4.69, 9.17) is 5.73 Å². The maximum atomic E-state index is 12.7. The molecule has 3 nitrogen and oxygen atoms in total. The number of nitrogens with zero attached hydrogens (tertiary/aromatic N) is 2. The molecular weight excluding hydrogens is 219 g/mol. The second-order valence-electron chi connectivity index (χ2n) is 4.20. The van der Waals surface area contributed by atoms with Gasteiger partial charge in [-0.25, -0.2) is 9.97 Å². The first-order valence-electron chi connectivity index (χ1n) is 5.10. The van der Waals surface area contributed by atoms with Crippen molar-refractivity contribution < 1.29 is 13.2 Å². The maximum absolute atomic E-state index is 12.7. The Kier molecular flexibility index (Phi) is 2.52. The lowest BCUT2D eigenvalue weighted by Crippen LogP contribution is -2.22. The van der Waals surface area contributed by atoms with Crippen LogP contribution in [0.25, 0.3) is 0 Å². The van der Waals surface area contributed by atoms with E-state index in [0.29, 0.717) is 18.5 Å². The van der Waals surface area contributed by atoms with Crippen molar-refractivity contribution in [1.29, 1.82) is 0 Å². The number of hydrogen-bond acceptors (Lipinski definition) is 3. The van der Waals surface area contributed by atoms with Crippen LogP contribution in [0.1, 0.15) is 30.3 Å². The number of alkyl halides is 3. The monoisotopic (exact) mass is 231 g/mol. The van der Waals surface area contributed by atoms with Crippen molar-refractivity contribution >= 4 is 5.95 Å². The lowest BCUT2D eigenvalue weighted by Gasteiger charge is -2.23. The van der Waals surface area contributed by atoms with Crippen molar-refractivity contribution in [2.24, 2.45) is 5.92 Å². The molecule has 0 aliphatic heterocycles. The fourth-order valence-corrected chi connectivity index (χ4v) is 2.04. The highest BCUT2D eigenvalue weighted by molar-refractivity contribution is 5.35. The van der Waals surface area contributed by atoms with Crippen molar-refractivity contribution in [2.45, 2.75) is 32.4 Å². The van der Waals surface area contributed by atoms with E-state index in [2.05, 4.69) is 9.97 Å². The number of rotatable bonds is 0. The van der Waals surface area contributed by atoms with Gasteiger partial charge >= 0.3 is 6.18 Å². The standard InChI is InChI=1S/C10H12F3N3/c1-5-2-3-7-6(4-5)8(10(11,12)13)16-9(14)15-7/h5H,2-4H2,1H3,(H2,14,15,16). The highest BCUT2D eigenvalue weighted by Gasteiger charge is 2.38. The van der Waals surface area contributed by atoms with Crippen LogP contribution in [-0.4, -0.2) is 9.97 Å². The SMILES string of the molecule is CC1CCc2nc(N)nc(C(F)(F)F)c2C1. The Balaban J connectivity index is 2.56. The number of halogens is 3. The Morgan fingerprint density at radius 3 is 2.62 bits per heavy atom. The first kappa shape index (κ1) is 11.2. The molecule has 0 bridgehead atoms. The highest BCUT2D eigenvalue weighted by Crippen LogP contribution is 2.35. The minimum atomic E-state index is -4.45. The molecule has 1 aliphatic rings. The number of fused-ring (bicyclic) bond motifs is 1. The van der Waals surface area contributed by atoms with Gasteiger partial charge in [-0.2, -0.15) is 13.2 Å². The number of aryl methyl sites for hydroxylation is 1. The van der Waals surface area contributed by atoms with Crippen molar-refractivity contribution in [2.75, 3.05) is 5.73 Å². The van der Waals surface area contributed by atoms with Gasteiger partial charge in [-0.3, -0.25) is 0 Å². The van der Waals surface area contributed by atoms with Crippen LogP contribution in [0.5, 0.6) is 0 Å². The summed E-state index contributed by atoms with van der Waals surface area (Å²) in [5.41, 5.74) is 5.11. The summed E-state index contributed by atoms with van der Waals surface area (Å²) in [6, 6.07) is 0. The van der Waals surface area contributed by atoms with Gasteiger partial charge < -0.3 is 5.73 Å². The van der Waals surface area contributed by atoms with E-state index in [1.807, 2.05) is 6.92 Å². The van der Waals surface area contributed by atoms with Crippen LogP contribution in [0.2, 0.25) is 0 Å². The van der Waals surface area contributed by atoms with Gasteiger partial charge in [-0.15, -0.1) is 0 Å². The van der Waals surface area contributed by atoms with E-state index in [-0.39, 0.29) is 17.4 Å². The van der Waals surface area contributed by atoms with E-state index in [9.17, 15) is 13.2 Å². The fraction of sp³-hybridized carbons (Fsp3) is 0.600. The molecule has 2 N–H and O–H groups in total.